The number of nitrogens with one attached hydrogen (secondary N) is 1. The molecule has 0 radical (unpaired) electrons. The Morgan fingerprint density at radius 1 is 1.21 bits per heavy atom. The van der Waals surface area contributed by atoms with Gasteiger partial charge in [0.05, 0.1) is 10.5 Å². The molecular formula is C16H20F3N3O2. The van der Waals surface area contributed by atoms with Crippen LogP contribution >= 0.6 is 0 Å². The molecule has 8 heteroatoms. The first kappa shape index (κ1) is 17.0. The molecule has 0 amide bonds. The van der Waals surface area contributed by atoms with E-state index in [4.69, 9.17) is 0 Å². The maximum absolute atomic E-state index is 12.8. The summed E-state index contributed by atoms with van der Waals surface area (Å²) < 4.78 is 38.4. The summed E-state index contributed by atoms with van der Waals surface area (Å²) in [6, 6.07) is 3.30. The molecule has 0 bridgehead atoms. The monoisotopic (exact) mass is 343 g/mol. The lowest BCUT2D eigenvalue weighted by atomic mass is 9.88. The second kappa shape index (κ2) is 6.58. The highest BCUT2D eigenvalue weighted by Gasteiger charge is 2.35. The smallest absolute Gasteiger partial charge is 0.366 e. The van der Waals surface area contributed by atoms with Gasteiger partial charge in [0.25, 0.3) is 5.69 Å². The van der Waals surface area contributed by atoms with Crippen molar-refractivity contribution in [1.82, 2.24) is 5.32 Å². The number of piperidine rings is 1. The summed E-state index contributed by atoms with van der Waals surface area (Å²) in [5.41, 5.74) is -1.17. The lowest BCUT2D eigenvalue weighted by Crippen LogP contribution is -2.41. The Morgan fingerprint density at radius 3 is 2.46 bits per heavy atom. The zero-order valence-corrected chi connectivity index (χ0v) is 13.2. The van der Waals surface area contributed by atoms with Gasteiger partial charge in [-0.05, 0) is 50.3 Å². The van der Waals surface area contributed by atoms with E-state index in [-0.39, 0.29) is 5.69 Å². The normalized spacial score (nSPS) is 22.8. The summed E-state index contributed by atoms with van der Waals surface area (Å²) >= 11 is 0. The fraction of sp³-hybridized carbons (Fsp3) is 0.625. The van der Waals surface area contributed by atoms with Gasteiger partial charge in [0, 0.05) is 25.2 Å². The number of nitro benzene ring substituents is 1. The van der Waals surface area contributed by atoms with E-state index in [1.165, 1.54) is 12.5 Å². The second-order valence-electron chi connectivity index (χ2n) is 6.49. The largest absolute Gasteiger partial charge is 0.416 e. The van der Waals surface area contributed by atoms with Crippen LogP contribution in [-0.4, -0.2) is 30.6 Å². The van der Waals surface area contributed by atoms with E-state index in [0.29, 0.717) is 31.1 Å². The van der Waals surface area contributed by atoms with Crippen molar-refractivity contribution < 1.29 is 18.1 Å². The van der Waals surface area contributed by atoms with Crippen LogP contribution in [0.3, 0.4) is 0 Å². The molecule has 0 saturated carbocycles. The zero-order chi connectivity index (χ0) is 17.3. The first-order chi connectivity index (χ1) is 11.4. The third-order valence-corrected chi connectivity index (χ3v) is 5.05. The molecule has 2 aliphatic rings. The van der Waals surface area contributed by atoms with E-state index in [1.807, 2.05) is 4.90 Å². The van der Waals surface area contributed by atoms with Crippen LogP contribution < -0.4 is 10.2 Å². The maximum atomic E-state index is 12.8. The van der Waals surface area contributed by atoms with Crippen molar-refractivity contribution in [3.05, 3.63) is 33.9 Å². The number of nitro groups is 1. The van der Waals surface area contributed by atoms with E-state index in [0.717, 1.165) is 31.9 Å². The highest BCUT2D eigenvalue weighted by molar-refractivity contribution is 5.64. The molecule has 1 unspecified atom stereocenters. The Hall–Kier alpha value is -1.83. The van der Waals surface area contributed by atoms with Gasteiger partial charge < -0.3 is 10.2 Å². The highest BCUT2D eigenvalue weighted by Crippen LogP contribution is 2.38. The molecule has 0 aromatic heterocycles. The van der Waals surface area contributed by atoms with Crippen LogP contribution in [0.1, 0.15) is 31.2 Å². The molecular weight excluding hydrogens is 323 g/mol. The molecule has 3 rings (SSSR count). The van der Waals surface area contributed by atoms with Crippen LogP contribution in [-0.2, 0) is 6.18 Å². The predicted molar refractivity (Wildman–Crippen MR) is 84.1 cm³/mol. The minimum absolute atomic E-state index is 0.283. The van der Waals surface area contributed by atoms with Crippen LogP contribution in [0.15, 0.2) is 18.2 Å². The summed E-state index contributed by atoms with van der Waals surface area (Å²) in [7, 11) is 0. The van der Waals surface area contributed by atoms with Gasteiger partial charge in [0.2, 0.25) is 0 Å². The Balaban J connectivity index is 1.76. The van der Waals surface area contributed by atoms with Crippen molar-refractivity contribution in [1.29, 1.82) is 0 Å². The molecule has 1 N–H and O–H groups in total. The van der Waals surface area contributed by atoms with E-state index in [2.05, 4.69) is 5.32 Å². The van der Waals surface area contributed by atoms with Crippen molar-refractivity contribution in [2.24, 2.45) is 5.92 Å². The lowest BCUT2D eigenvalue weighted by molar-refractivity contribution is -0.384. The predicted octanol–water partition coefficient (Wildman–Crippen LogP) is 3.58. The summed E-state index contributed by atoms with van der Waals surface area (Å²) in [5, 5.41) is 14.7. The molecule has 1 atom stereocenters. The molecule has 0 spiro atoms. The quantitative estimate of drug-likeness (QED) is 0.673. The number of benzene rings is 1. The number of rotatable bonds is 3. The van der Waals surface area contributed by atoms with Gasteiger partial charge in [-0.1, -0.05) is 0 Å². The Morgan fingerprint density at radius 2 is 1.92 bits per heavy atom. The first-order valence-electron chi connectivity index (χ1n) is 8.20. The van der Waals surface area contributed by atoms with Crippen LogP contribution in [0, 0.1) is 16.0 Å². The minimum atomic E-state index is -4.58. The summed E-state index contributed by atoms with van der Waals surface area (Å²) in [4.78, 5) is 12.3. The summed E-state index contributed by atoms with van der Waals surface area (Å²) in [5.74, 6) is 0.539. The SMILES string of the molecule is O=[N+]([O-])c1cc(C(F)(F)F)ccc1N1CCC(C2CCCN2)CC1. The zero-order valence-electron chi connectivity index (χ0n) is 13.2. The van der Waals surface area contributed by atoms with Crippen molar-refractivity contribution in [2.75, 3.05) is 24.5 Å². The van der Waals surface area contributed by atoms with E-state index < -0.39 is 22.4 Å². The summed E-state index contributed by atoms with van der Waals surface area (Å²) in [6.07, 6.45) is -0.448. The maximum Gasteiger partial charge on any atom is 0.416 e. The number of halogens is 3. The third kappa shape index (κ3) is 3.48. The van der Waals surface area contributed by atoms with Crippen LogP contribution in [0.5, 0.6) is 0 Å². The van der Waals surface area contributed by atoms with Crippen molar-refractivity contribution in [3.8, 4) is 0 Å². The van der Waals surface area contributed by atoms with Crippen molar-refractivity contribution in [2.45, 2.75) is 37.9 Å². The molecule has 24 heavy (non-hydrogen) atoms. The average molecular weight is 343 g/mol. The minimum Gasteiger partial charge on any atom is -0.366 e. The Bertz CT molecular complexity index is 607. The molecule has 2 saturated heterocycles. The molecule has 1 aromatic rings. The van der Waals surface area contributed by atoms with Gasteiger partial charge in [-0.2, -0.15) is 13.2 Å². The lowest BCUT2D eigenvalue weighted by Gasteiger charge is -2.36. The Labute approximate surface area is 138 Å². The topological polar surface area (TPSA) is 58.4 Å². The molecule has 1 aromatic carbocycles. The van der Waals surface area contributed by atoms with Crippen LogP contribution in [0.4, 0.5) is 24.5 Å². The molecule has 2 heterocycles. The fourth-order valence-corrected chi connectivity index (χ4v) is 3.77. The highest BCUT2D eigenvalue weighted by atomic mass is 19.4. The van der Waals surface area contributed by atoms with E-state index >= 15 is 0 Å². The number of alkyl halides is 3. The van der Waals surface area contributed by atoms with Gasteiger partial charge in [0.15, 0.2) is 0 Å². The van der Waals surface area contributed by atoms with Crippen molar-refractivity contribution >= 4 is 11.4 Å². The van der Waals surface area contributed by atoms with Crippen LogP contribution in [0.25, 0.3) is 0 Å². The molecule has 132 valence electrons. The van der Waals surface area contributed by atoms with Gasteiger partial charge in [-0.3, -0.25) is 10.1 Å². The van der Waals surface area contributed by atoms with Crippen LogP contribution in [0.2, 0.25) is 0 Å². The van der Waals surface area contributed by atoms with Gasteiger partial charge in [0.1, 0.15) is 5.69 Å². The van der Waals surface area contributed by atoms with Gasteiger partial charge in [-0.15, -0.1) is 0 Å². The Kier molecular flexibility index (Phi) is 4.67. The average Bonchev–Trinajstić information content (AvgIpc) is 3.08. The number of hydrogen-bond donors (Lipinski definition) is 1. The van der Waals surface area contributed by atoms with E-state index in [9.17, 15) is 23.3 Å². The molecule has 2 aliphatic heterocycles. The van der Waals surface area contributed by atoms with Gasteiger partial charge >= 0.3 is 6.18 Å². The molecule has 5 nitrogen and oxygen atoms in total. The fourth-order valence-electron chi connectivity index (χ4n) is 3.77. The second-order valence-corrected chi connectivity index (χ2v) is 6.49. The standard InChI is InChI=1S/C16H20F3N3O2/c17-16(18,19)12-3-4-14(15(10-12)22(23)24)21-8-5-11(6-9-21)13-2-1-7-20-13/h3-4,10-11,13,20H,1-2,5-9H2. The van der Waals surface area contributed by atoms with Gasteiger partial charge in [-0.25, -0.2) is 0 Å². The first-order valence-corrected chi connectivity index (χ1v) is 8.20. The number of nitrogens with zero attached hydrogens (tertiary/aromatic N) is 2. The van der Waals surface area contributed by atoms with Crippen molar-refractivity contribution in [3.63, 3.8) is 0 Å². The third-order valence-electron chi connectivity index (χ3n) is 5.05. The molecule has 0 aliphatic carbocycles. The molecule has 2 fully saturated rings. The number of anilines is 1. The number of hydrogen-bond acceptors (Lipinski definition) is 4. The van der Waals surface area contributed by atoms with E-state index in [1.54, 1.807) is 0 Å². The summed E-state index contributed by atoms with van der Waals surface area (Å²) in [6.45, 7) is 2.30.